The minimum atomic E-state index is 0.207. The highest BCUT2D eigenvalue weighted by Crippen LogP contribution is 2.29. The average Bonchev–Trinajstić information content (AvgIpc) is 2.40. The van der Waals surface area contributed by atoms with Crippen LogP contribution in [0, 0.1) is 5.41 Å². The third-order valence-electron chi connectivity index (χ3n) is 5.49. The van der Waals surface area contributed by atoms with Gasteiger partial charge < -0.3 is 5.32 Å². The van der Waals surface area contributed by atoms with E-state index in [9.17, 15) is 0 Å². The Hall–Kier alpha value is -0.120. The first-order valence-corrected chi connectivity index (χ1v) is 8.82. The normalized spacial score (nSPS) is 26.3. The van der Waals surface area contributed by atoms with Crippen molar-refractivity contribution < 1.29 is 0 Å². The molecule has 3 nitrogen and oxygen atoms in total. The Kier molecular flexibility index (Phi) is 6.70. The number of nitrogens with zero attached hydrogens (tertiary/aromatic N) is 2. The zero-order chi connectivity index (χ0) is 16.3. The van der Waals surface area contributed by atoms with E-state index in [4.69, 9.17) is 0 Å². The molecule has 0 aromatic carbocycles. The number of nitrogens with one attached hydrogen (secondary N) is 1. The smallest absolute Gasteiger partial charge is 0.0195 e. The van der Waals surface area contributed by atoms with Crippen molar-refractivity contribution in [3.63, 3.8) is 0 Å². The Morgan fingerprint density at radius 3 is 1.86 bits per heavy atom. The molecule has 1 aliphatic rings. The Labute approximate surface area is 133 Å². The van der Waals surface area contributed by atoms with Crippen LogP contribution in [-0.2, 0) is 0 Å². The number of hydrogen-bond acceptors (Lipinski definition) is 3. The second-order valence-corrected chi connectivity index (χ2v) is 8.37. The van der Waals surface area contributed by atoms with Gasteiger partial charge in [-0.25, -0.2) is 0 Å². The molecular formula is C18H39N3. The Bertz CT molecular complexity index is 292. The molecule has 0 aromatic rings. The molecule has 0 radical (unpaired) electrons. The van der Waals surface area contributed by atoms with Crippen LogP contribution in [0.3, 0.4) is 0 Å². The van der Waals surface area contributed by atoms with E-state index in [0.29, 0.717) is 17.5 Å². The molecule has 1 rings (SSSR count). The maximum absolute atomic E-state index is 3.75. The summed E-state index contributed by atoms with van der Waals surface area (Å²) in [5.74, 6) is 0. The molecule has 2 unspecified atom stereocenters. The zero-order valence-electron chi connectivity index (χ0n) is 15.8. The van der Waals surface area contributed by atoms with Gasteiger partial charge in [0.05, 0.1) is 0 Å². The molecule has 0 aliphatic carbocycles. The summed E-state index contributed by atoms with van der Waals surface area (Å²) in [7, 11) is 2.26. The Morgan fingerprint density at radius 2 is 1.48 bits per heavy atom. The Balaban J connectivity index is 2.69. The first kappa shape index (κ1) is 18.9. The summed E-state index contributed by atoms with van der Waals surface area (Å²) in [6.07, 6.45) is 2.50. The van der Waals surface area contributed by atoms with Crippen LogP contribution in [0.25, 0.3) is 0 Å². The number of rotatable bonds is 6. The van der Waals surface area contributed by atoms with Crippen LogP contribution in [-0.4, -0.2) is 60.6 Å². The molecule has 1 heterocycles. The van der Waals surface area contributed by atoms with Gasteiger partial charge in [0.2, 0.25) is 0 Å². The fourth-order valence-electron chi connectivity index (χ4n) is 3.35. The fourth-order valence-corrected chi connectivity index (χ4v) is 3.35. The second-order valence-electron chi connectivity index (χ2n) is 8.37. The van der Waals surface area contributed by atoms with Gasteiger partial charge in [-0.05, 0) is 59.9 Å². The van der Waals surface area contributed by atoms with Crippen molar-refractivity contribution in [2.24, 2.45) is 5.41 Å². The topological polar surface area (TPSA) is 18.5 Å². The summed E-state index contributed by atoms with van der Waals surface area (Å²) >= 11 is 0. The lowest BCUT2D eigenvalue weighted by Gasteiger charge is -2.46. The van der Waals surface area contributed by atoms with Gasteiger partial charge in [0.1, 0.15) is 0 Å². The molecule has 1 N–H and O–H groups in total. The molecule has 1 saturated heterocycles. The molecule has 126 valence electrons. The van der Waals surface area contributed by atoms with Gasteiger partial charge in [0.25, 0.3) is 0 Å². The quantitative estimate of drug-likeness (QED) is 0.812. The highest BCUT2D eigenvalue weighted by atomic mass is 15.3. The van der Waals surface area contributed by atoms with Crippen molar-refractivity contribution in [2.75, 3.05) is 33.2 Å². The van der Waals surface area contributed by atoms with Crippen molar-refractivity contribution in [2.45, 2.75) is 78.9 Å². The Morgan fingerprint density at radius 1 is 1.00 bits per heavy atom. The molecule has 0 spiro atoms. The first-order chi connectivity index (χ1) is 9.62. The van der Waals surface area contributed by atoms with Gasteiger partial charge >= 0.3 is 0 Å². The van der Waals surface area contributed by atoms with Crippen LogP contribution in [0.1, 0.15) is 61.3 Å². The van der Waals surface area contributed by atoms with Crippen LogP contribution in [0.15, 0.2) is 0 Å². The molecule has 3 heteroatoms. The van der Waals surface area contributed by atoms with E-state index in [1.165, 1.54) is 32.5 Å². The molecule has 0 bridgehead atoms. The van der Waals surface area contributed by atoms with Gasteiger partial charge in [-0.15, -0.1) is 0 Å². The van der Waals surface area contributed by atoms with Gasteiger partial charge in [-0.1, -0.05) is 13.8 Å². The largest absolute Gasteiger partial charge is 0.311 e. The molecule has 1 aliphatic heterocycles. The third kappa shape index (κ3) is 5.54. The standard InChI is InChI=1S/C18H39N3/c1-9-18(10-2,13-19-17(5,6)7)14-21-11-15(3)20(8)16(4)12-21/h15-16,19H,9-14H2,1-8H3. The van der Waals surface area contributed by atoms with Crippen LogP contribution < -0.4 is 5.32 Å². The number of likely N-dealkylation sites (N-methyl/N-ethyl adjacent to an activating group) is 1. The van der Waals surface area contributed by atoms with E-state index in [2.05, 4.69) is 70.6 Å². The van der Waals surface area contributed by atoms with Gasteiger partial charge in [-0.2, -0.15) is 0 Å². The lowest BCUT2D eigenvalue weighted by molar-refractivity contribution is 0.0267. The van der Waals surface area contributed by atoms with E-state index < -0.39 is 0 Å². The van der Waals surface area contributed by atoms with Crippen LogP contribution >= 0.6 is 0 Å². The van der Waals surface area contributed by atoms with Gasteiger partial charge in [-0.3, -0.25) is 9.80 Å². The lowest BCUT2D eigenvalue weighted by Crippen LogP contribution is -2.58. The minimum absolute atomic E-state index is 0.207. The second kappa shape index (κ2) is 7.43. The number of hydrogen-bond donors (Lipinski definition) is 1. The summed E-state index contributed by atoms with van der Waals surface area (Å²) < 4.78 is 0. The predicted octanol–water partition coefficient (Wildman–Crippen LogP) is 3.21. The van der Waals surface area contributed by atoms with E-state index in [0.717, 1.165) is 6.54 Å². The van der Waals surface area contributed by atoms with E-state index in [-0.39, 0.29) is 5.54 Å². The highest BCUT2D eigenvalue weighted by Gasteiger charge is 2.34. The molecule has 1 fully saturated rings. The summed E-state index contributed by atoms with van der Waals surface area (Å²) in [5.41, 5.74) is 0.612. The number of piperazine rings is 1. The summed E-state index contributed by atoms with van der Waals surface area (Å²) in [6.45, 7) is 21.0. The molecule has 0 amide bonds. The molecule has 0 aromatic heterocycles. The van der Waals surface area contributed by atoms with Crippen molar-refractivity contribution in [1.82, 2.24) is 15.1 Å². The molecule has 0 saturated carbocycles. The molecule has 21 heavy (non-hydrogen) atoms. The van der Waals surface area contributed by atoms with Gasteiger partial charge in [0.15, 0.2) is 0 Å². The van der Waals surface area contributed by atoms with Crippen molar-refractivity contribution >= 4 is 0 Å². The third-order valence-corrected chi connectivity index (χ3v) is 5.49. The van der Waals surface area contributed by atoms with Crippen molar-refractivity contribution in [1.29, 1.82) is 0 Å². The summed E-state index contributed by atoms with van der Waals surface area (Å²) in [5, 5.41) is 3.75. The van der Waals surface area contributed by atoms with E-state index in [1.54, 1.807) is 0 Å². The molecular weight excluding hydrogens is 258 g/mol. The van der Waals surface area contributed by atoms with Crippen LogP contribution in [0.4, 0.5) is 0 Å². The maximum Gasteiger partial charge on any atom is 0.0195 e. The average molecular weight is 298 g/mol. The SMILES string of the molecule is CCC(CC)(CNC(C)(C)C)CN1CC(C)N(C)C(C)C1. The highest BCUT2D eigenvalue weighted by molar-refractivity contribution is 4.90. The van der Waals surface area contributed by atoms with Crippen LogP contribution in [0.5, 0.6) is 0 Å². The first-order valence-electron chi connectivity index (χ1n) is 8.82. The van der Waals surface area contributed by atoms with Crippen LogP contribution in [0.2, 0.25) is 0 Å². The fraction of sp³-hybridized carbons (Fsp3) is 1.00. The maximum atomic E-state index is 3.75. The minimum Gasteiger partial charge on any atom is -0.311 e. The van der Waals surface area contributed by atoms with Crippen molar-refractivity contribution in [3.05, 3.63) is 0 Å². The van der Waals surface area contributed by atoms with E-state index in [1.807, 2.05) is 0 Å². The van der Waals surface area contributed by atoms with E-state index >= 15 is 0 Å². The zero-order valence-corrected chi connectivity index (χ0v) is 15.8. The monoisotopic (exact) mass is 297 g/mol. The predicted molar refractivity (Wildman–Crippen MR) is 93.9 cm³/mol. The van der Waals surface area contributed by atoms with Crippen molar-refractivity contribution in [3.8, 4) is 0 Å². The van der Waals surface area contributed by atoms with Gasteiger partial charge in [0, 0.05) is 43.8 Å². The summed E-state index contributed by atoms with van der Waals surface area (Å²) in [6, 6.07) is 1.33. The lowest BCUT2D eigenvalue weighted by atomic mass is 9.80. The molecule has 2 atom stereocenters. The summed E-state index contributed by atoms with van der Waals surface area (Å²) in [4.78, 5) is 5.22.